The van der Waals surface area contributed by atoms with Crippen molar-refractivity contribution in [3.63, 3.8) is 0 Å². The number of aliphatic imine (C=N–C) groups is 1. The monoisotopic (exact) mass is 445 g/mol. The third-order valence-corrected chi connectivity index (χ3v) is 4.98. The summed E-state index contributed by atoms with van der Waals surface area (Å²) >= 11 is 0. The molecule has 1 unspecified atom stereocenters. The van der Waals surface area contributed by atoms with Crippen LogP contribution in [0.25, 0.3) is 0 Å². The highest BCUT2D eigenvalue weighted by Crippen LogP contribution is 2.30. The van der Waals surface area contributed by atoms with E-state index in [9.17, 15) is 4.79 Å². The lowest BCUT2D eigenvalue weighted by atomic mass is 9.94. The van der Waals surface area contributed by atoms with Crippen LogP contribution >= 0.6 is 0 Å². The summed E-state index contributed by atoms with van der Waals surface area (Å²) in [5.41, 5.74) is 10.1. The summed E-state index contributed by atoms with van der Waals surface area (Å²) in [7, 11) is 4.76. The molecule has 0 bridgehead atoms. The van der Waals surface area contributed by atoms with Crippen LogP contribution in [0.5, 0.6) is 11.5 Å². The summed E-state index contributed by atoms with van der Waals surface area (Å²) in [5.74, 6) is 0.877. The molecule has 0 spiro atoms. The van der Waals surface area contributed by atoms with Crippen molar-refractivity contribution >= 4 is 17.7 Å². The Kier molecular flexibility index (Phi) is 9.24. The van der Waals surface area contributed by atoms with Crippen LogP contribution in [0.1, 0.15) is 17.2 Å². The molecule has 0 aliphatic carbocycles. The molecule has 0 fully saturated rings. The molecule has 0 saturated heterocycles. The van der Waals surface area contributed by atoms with Gasteiger partial charge in [0, 0.05) is 42.7 Å². The molecule has 172 valence electrons. The number of anilines is 1. The van der Waals surface area contributed by atoms with E-state index in [0.717, 1.165) is 11.1 Å². The first-order valence-corrected chi connectivity index (χ1v) is 10.4. The molecule has 0 aromatic heterocycles. The van der Waals surface area contributed by atoms with Gasteiger partial charge in [-0.1, -0.05) is 61.2 Å². The number of carbonyl (C=O) groups is 1. The maximum absolute atomic E-state index is 13.7. The number of nitrogens with zero attached hydrogens (tertiary/aromatic N) is 1. The topological polar surface area (TPSA) is 85.9 Å². The molecular weight excluding hydrogens is 414 g/mol. The fraction of sp³-hybridized carbons (Fsp3) is 0.185. The number of benzene rings is 2. The van der Waals surface area contributed by atoms with E-state index in [4.69, 9.17) is 15.2 Å². The first-order valence-electron chi connectivity index (χ1n) is 10.4. The van der Waals surface area contributed by atoms with Crippen molar-refractivity contribution in [1.29, 1.82) is 0 Å². The largest absolute Gasteiger partial charge is 0.497 e. The van der Waals surface area contributed by atoms with E-state index in [1.807, 2.05) is 31.2 Å². The number of allylic oxidation sites excluding steroid dienone is 5. The smallest absolute Gasteiger partial charge is 0.205 e. The van der Waals surface area contributed by atoms with Gasteiger partial charge in [-0.15, -0.1) is 0 Å². The fourth-order valence-corrected chi connectivity index (χ4v) is 3.23. The molecule has 0 saturated carbocycles. The number of ether oxygens (including phenoxy) is 2. The van der Waals surface area contributed by atoms with Gasteiger partial charge in [-0.2, -0.15) is 0 Å². The van der Waals surface area contributed by atoms with E-state index in [1.165, 1.54) is 0 Å². The lowest BCUT2D eigenvalue weighted by Gasteiger charge is -2.22. The van der Waals surface area contributed by atoms with Crippen LogP contribution in [0.4, 0.5) is 5.69 Å². The molecule has 0 amide bonds. The molecule has 0 aliphatic rings. The van der Waals surface area contributed by atoms with Crippen LogP contribution in [-0.2, 0) is 4.79 Å². The van der Waals surface area contributed by atoms with Gasteiger partial charge in [-0.25, -0.2) is 0 Å². The Morgan fingerprint density at radius 3 is 2.18 bits per heavy atom. The quantitative estimate of drug-likeness (QED) is 0.290. The molecule has 33 heavy (non-hydrogen) atoms. The van der Waals surface area contributed by atoms with Gasteiger partial charge in [0.25, 0.3) is 0 Å². The Hall–Kier alpha value is -4.06. The third kappa shape index (κ3) is 6.46. The minimum atomic E-state index is -0.766. The highest BCUT2D eigenvalue weighted by atomic mass is 16.5. The number of rotatable bonds is 11. The molecule has 3 N–H and O–H groups in total. The van der Waals surface area contributed by atoms with Crippen LogP contribution < -0.4 is 20.5 Å². The predicted octanol–water partition coefficient (Wildman–Crippen LogP) is 4.95. The zero-order chi connectivity index (χ0) is 24.4. The van der Waals surface area contributed by atoms with Crippen molar-refractivity contribution in [3.8, 4) is 11.5 Å². The van der Waals surface area contributed by atoms with Gasteiger partial charge in [0.05, 0.1) is 19.9 Å². The number of methoxy groups -OCH3 is 2. The second-order valence-electron chi connectivity index (χ2n) is 7.23. The van der Waals surface area contributed by atoms with Crippen LogP contribution in [0, 0.1) is 6.92 Å². The summed E-state index contributed by atoms with van der Waals surface area (Å²) in [6, 6.07) is 12.3. The number of Topliss-reactive ketones (excluding diaryl/α,β-unsaturated/α-hetero) is 1. The number of ketones is 1. The minimum Gasteiger partial charge on any atom is -0.497 e. The summed E-state index contributed by atoms with van der Waals surface area (Å²) < 4.78 is 10.7. The van der Waals surface area contributed by atoms with Crippen molar-refractivity contribution in [2.75, 3.05) is 26.6 Å². The van der Waals surface area contributed by atoms with Gasteiger partial charge in [-0.05, 0) is 18.1 Å². The van der Waals surface area contributed by atoms with Gasteiger partial charge in [-0.3, -0.25) is 9.79 Å². The van der Waals surface area contributed by atoms with Crippen LogP contribution in [0.2, 0.25) is 0 Å². The average molecular weight is 446 g/mol. The molecule has 6 heteroatoms. The number of carbonyl (C=O) groups excluding carboxylic acids is 1. The lowest BCUT2D eigenvalue weighted by Crippen LogP contribution is -2.27. The zero-order valence-electron chi connectivity index (χ0n) is 19.6. The van der Waals surface area contributed by atoms with Crippen molar-refractivity contribution in [1.82, 2.24) is 0 Å². The normalized spacial score (nSPS) is 13.2. The van der Waals surface area contributed by atoms with Gasteiger partial charge in [0.1, 0.15) is 17.5 Å². The van der Waals surface area contributed by atoms with Gasteiger partial charge < -0.3 is 20.5 Å². The van der Waals surface area contributed by atoms with E-state index in [1.54, 1.807) is 63.9 Å². The summed E-state index contributed by atoms with van der Waals surface area (Å²) in [6.45, 7) is 9.53. The van der Waals surface area contributed by atoms with Gasteiger partial charge in [0.15, 0.2) is 0 Å². The fourth-order valence-electron chi connectivity index (χ4n) is 3.23. The van der Waals surface area contributed by atoms with E-state index < -0.39 is 6.04 Å². The summed E-state index contributed by atoms with van der Waals surface area (Å²) in [5, 5.41) is 3.30. The Morgan fingerprint density at radius 1 is 1.09 bits per heavy atom. The molecule has 2 aromatic rings. The Balaban J connectivity index is 2.63. The van der Waals surface area contributed by atoms with E-state index in [0.29, 0.717) is 28.3 Å². The highest BCUT2D eigenvalue weighted by Gasteiger charge is 2.25. The van der Waals surface area contributed by atoms with E-state index >= 15 is 0 Å². The minimum absolute atomic E-state index is 0.0570. The lowest BCUT2D eigenvalue weighted by molar-refractivity contribution is -0.116. The van der Waals surface area contributed by atoms with E-state index in [2.05, 4.69) is 23.5 Å². The van der Waals surface area contributed by atoms with Gasteiger partial charge >= 0.3 is 0 Å². The summed E-state index contributed by atoms with van der Waals surface area (Å²) in [4.78, 5) is 17.8. The van der Waals surface area contributed by atoms with Crippen LogP contribution in [0.15, 0.2) is 95.7 Å². The van der Waals surface area contributed by atoms with Crippen LogP contribution in [0.3, 0.4) is 0 Å². The maximum atomic E-state index is 13.7. The number of hydrogen-bond donors (Lipinski definition) is 2. The number of hydrogen-bond acceptors (Lipinski definition) is 6. The molecule has 1 atom stereocenters. The van der Waals surface area contributed by atoms with Crippen molar-refractivity contribution < 1.29 is 14.3 Å². The first kappa shape index (κ1) is 25.2. The average Bonchev–Trinajstić information content (AvgIpc) is 2.84. The Bertz CT molecular complexity index is 1070. The van der Waals surface area contributed by atoms with Crippen molar-refractivity contribution in [3.05, 3.63) is 102 Å². The Morgan fingerprint density at radius 2 is 1.70 bits per heavy atom. The van der Waals surface area contributed by atoms with Gasteiger partial charge in [0.2, 0.25) is 5.78 Å². The standard InChI is InChI=1S/C27H31N3O3/c1-7-9-19(8-2)24(17-29-4)25(28)27(31)26(20-12-10-18(3)11-13-20)30-21-14-22(32-5)16-23(15-21)33-6/h7-17,26,30H,1-2,28H2,3-6H3/b19-9+,25-24?,29-17?. The van der Waals surface area contributed by atoms with E-state index in [-0.39, 0.29) is 11.5 Å². The zero-order valence-corrected chi connectivity index (χ0v) is 19.6. The second-order valence-corrected chi connectivity index (χ2v) is 7.23. The molecule has 0 heterocycles. The Labute approximate surface area is 195 Å². The van der Waals surface area contributed by atoms with Crippen molar-refractivity contribution in [2.24, 2.45) is 10.7 Å². The second kappa shape index (κ2) is 12.1. The molecule has 6 nitrogen and oxygen atoms in total. The molecule has 0 radical (unpaired) electrons. The molecular formula is C27H31N3O3. The molecule has 2 aromatic carbocycles. The SMILES string of the molecule is C=C/C=C(\C=C)C(C=NC)=C(N)C(=O)C(Nc1cc(OC)cc(OC)c1)c1ccc(C)cc1. The van der Waals surface area contributed by atoms with Crippen LogP contribution in [-0.4, -0.2) is 33.3 Å². The maximum Gasteiger partial charge on any atom is 0.205 e. The number of aryl methyl sites for hydroxylation is 1. The van der Waals surface area contributed by atoms with Crippen molar-refractivity contribution in [2.45, 2.75) is 13.0 Å². The summed E-state index contributed by atoms with van der Waals surface area (Å²) in [6.07, 6.45) is 6.49. The molecule has 2 rings (SSSR count). The number of nitrogens with two attached hydrogens (primary N) is 1. The first-order chi connectivity index (χ1) is 15.9. The predicted molar refractivity (Wildman–Crippen MR) is 136 cm³/mol. The molecule has 0 aliphatic heterocycles. The highest BCUT2D eigenvalue weighted by molar-refractivity contribution is 6.07. The third-order valence-electron chi connectivity index (χ3n) is 4.98. The number of nitrogens with one attached hydrogen (secondary N) is 1.